The minimum absolute atomic E-state index is 0.256. The summed E-state index contributed by atoms with van der Waals surface area (Å²) in [5.41, 5.74) is 2.05. The number of thioether (sulfide) groups is 1. The number of methoxy groups -OCH3 is 1. The van der Waals surface area contributed by atoms with E-state index in [1.807, 2.05) is 37.0 Å². The molecule has 1 aliphatic heterocycles. The molecule has 1 aliphatic rings. The summed E-state index contributed by atoms with van der Waals surface area (Å²) in [5.74, 6) is 3.60. The van der Waals surface area contributed by atoms with Crippen LogP contribution in [-0.2, 0) is 13.1 Å². The maximum absolute atomic E-state index is 10.3. The topological polar surface area (TPSA) is 71.0 Å². The number of aromatic nitrogens is 2. The van der Waals surface area contributed by atoms with Crippen LogP contribution in [0.15, 0.2) is 36.8 Å². The second kappa shape index (κ2) is 11.3. The zero-order valence-electron chi connectivity index (χ0n) is 17.2. The van der Waals surface area contributed by atoms with Gasteiger partial charge in [0.1, 0.15) is 12.7 Å². The minimum atomic E-state index is -0.513. The molecular weight excluding hydrogens is 388 g/mol. The second-order valence-corrected chi connectivity index (χ2v) is 8.46. The Bertz CT molecular complexity index is 744. The summed E-state index contributed by atoms with van der Waals surface area (Å²) in [6, 6.07) is 5.92. The van der Waals surface area contributed by atoms with Gasteiger partial charge in [-0.1, -0.05) is 6.07 Å². The fraction of sp³-hybridized carbons (Fsp3) is 0.524. The third-order valence-corrected chi connectivity index (χ3v) is 5.68. The molecule has 3 rings (SSSR count). The SMILES string of the molecule is COc1cc(CN(C)Cc2cnccn2)ccc1OCC(O)CN1CCSCC1. The Kier molecular flexibility index (Phi) is 8.54. The van der Waals surface area contributed by atoms with E-state index >= 15 is 0 Å². The van der Waals surface area contributed by atoms with Gasteiger partial charge in [0.25, 0.3) is 0 Å². The predicted molar refractivity (Wildman–Crippen MR) is 115 cm³/mol. The van der Waals surface area contributed by atoms with Crippen molar-refractivity contribution in [3.8, 4) is 11.5 Å². The van der Waals surface area contributed by atoms with Gasteiger partial charge >= 0.3 is 0 Å². The molecule has 1 saturated heterocycles. The Labute approximate surface area is 177 Å². The molecule has 8 heteroatoms. The van der Waals surface area contributed by atoms with Gasteiger partial charge in [0.15, 0.2) is 11.5 Å². The van der Waals surface area contributed by atoms with Crippen LogP contribution < -0.4 is 9.47 Å². The van der Waals surface area contributed by atoms with Crippen molar-refractivity contribution in [3.05, 3.63) is 48.0 Å². The van der Waals surface area contributed by atoms with Gasteiger partial charge in [-0.3, -0.25) is 19.8 Å². The number of β-amino-alcohol motifs (C(OH)–C–C–N with tert-alkyl or cyclic N) is 1. The van der Waals surface area contributed by atoms with Crippen LogP contribution in [0.5, 0.6) is 11.5 Å². The van der Waals surface area contributed by atoms with E-state index in [1.165, 1.54) is 0 Å². The summed E-state index contributed by atoms with van der Waals surface area (Å²) in [6.07, 6.45) is 4.65. The summed E-state index contributed by atoms with van der Waals surface area (Å²) in [7, 11) is 3.68. The molecule has 2 heterocycles. The van der Waals surface area contributed by atoms with Crippen LogP contribution in [0.3, 0.4) is 0 Å². The molecular formula is C21H30N4O3S. The number of hydrogen-bond acceptors (Lipinski definition) is 8. The maximum Gasteiger partial charge on any atom is 0.161 e. The summed E-state index contributed by atoms with van der Waals surface area (Å²) >= 11 is 1.97. The average molecular weight is 419 g/mol. The monoisotopic (exact) mass is 418 g/mol. The van der Waals surface area contributed by atoms with Crippen molar-refractivity contribution in [1.82, 2.24) is 19.8 Å². The summed E-state index contributed by atoms with van der Waals surface area (Å²) in [4.78, 5) is 12.9. The number of nitrogens with zero attached hydrogens (tertiary/aromatic N) is 4. The van der Waals surface area contributed by atoms with E-state index in [2.05, 4.69) is 19.8 Å². The third kappa shape index (κ3) is 7.15. The van der Waals surface area contributed by atoms with Crippen molar-refractivity contribution in [2.45, 2.75) is 19.2 Å². The first-order valence-electron chi connectivity index (χ1n) is 9.85. The molecule has 1 aromatic heterocycles. The normalized spacial score (nSPS) is 16.0. The molecule has 0 amide bonds. The lowest BCUT2D eigenvalue weighted by Gasteiger charge is -2.28. The first-order chi connectivity index (χ1) is 14.1. The van der Waals surface area contributed by atoms with Crippen molar-refractivity contribution in [1.29, 1.82) is 0 Å². The first kappa shape index (κ1) is 21.8. The number of aliphatic hydroxyl groups is 1. The molecule has 0 aliphatic carbocycles. The van der Waals surface area contributed by atoms with Gasteiger partial charge in [0.05, 0.1) is 12.8 Å². The molecule has 1 fully saturated rings. The average Bonchev–Trinajstić information content (AvgIpc) is 2.74. The Hall–Kier alpha value is -1.87. The largest absolute Gasteiger partial charge is 0.493 e. The highest BCUT2D eigenvalue weighted by Gasteiger charge is 2.16. The standard InChI is InChI=1S/C21H30N4O3S/c1-24(14-18-12-22-5-6-23-18)13-17-3-4-20(21(11-17)27-2)28-16-19(26)15-25-7-9-29-10-8-25/h3-6,11-12,19,26H,7-10,13-16H2,1-2H3. The lowest BCUT2D eigenvalue weighted by atomic mass is 10.2. The fourth-order valence-electron chi connectivity index (χ4n) is 3.31. The fourth-order valence-corrected chi connectivity index (χ4v) is 4.28. The molecule has 158 valence electrons. The van der Waals surface area contributed by atoms with Gasteiger partial charge in [-0.05, 0) is 24.7 Å². The van der Waals surface area contributed by atoms with Gasteiger partial charge in [-0.15, -0.1) is 0 Å². The molecule has 29 heavy (non-hydrogen) atoms. The van der Waals surface area contributed by atoms with E-state index < -0.39 is 6.10 Å². The van der Waals surface area contributed by atoms with Crippen molar-refractivity contribution < 1.29 is 14.6 Å². The number of benzene rings is 1. The van der Waals surface area contributed by atoms with Gasteiger partial charge in [0, 0.05) is 62.8 Å². The number of rotatable bonds is 10. The van der Waals surface area contributed by atoms with E-state index in [-0.39, 0.29) is 6.61 Å². The quantitative estimate of drug-likeness (QED) is 0.627. The number of ether oxygens (including phenoxy) is 2. The maximum atomic E-state index is 10.3. The summed E-state index contributed by atoms with van der Waals surface area (Å²) < 4.78 is 11.4. The zero-order valence-corrected chi connectivity index (χ0v) is 18.0. The molecule has 2 aromatic rings. The van der Waals surface area contributed by atoms with E-state index in [0.717, 1.165) is 48.9 Å². The Morgan fingerprint density at radius 1 is 1.21 bits per heavy atom. The number of hydrogen-bond donors (Lipinski definition) is 1. The zero-order chi connectivity index (χ0) is 20.5. The Balaban J connectivity index is 1.51. The Morgan fingerprint density at radius 2 is 2.03 bits per heavy atom. The minimum Gasteiger partial charge on any atom is -0.493 e. The molecule has 1 unspecified atom stereocenters. The van der Waals surface area contributed by atoms with Crippen LogP contribution in [0, 0.1) is 0 Å². The molecule has 0 spiro atoms. The lowest BCUT2D eigenvalue weighted by molar-refractivity contribution is 0.0704. The van der Waals surface area contributed by atoms with Crippen molar-refractivity contribution in [2.24, 2.45) is 0 Å². The van der Waals surface area contributed by atoms with Crippen molar-refractivity contribution >= 4 is 11.8 Å². The van der Waals surface area contributed by atoms with Crippen LogP contribution in [0.1, 0.15) is 11.3 Å². The highest BCUT2D eigenvalue weighted by atomic mass is 32.2. The molecule has 0 radical (unpaired) electrons. The molecule has 1 aromatic carbocycles. The molecule has 0 bridgehead atoms. The Morgan fingerprint density at radius 3 is 2.76 bits per heavy atom. The lowest BCUT2D eigenvalue weighted by Crippen LogP contribution is -2.40. The smallest absolute Gasteiger partial charge is 0.161 e. The second-order valence-electron chi connectivity index (χ2n) is 7.23. The van der Waals surface area contributed by atoms with E-state index in [0.29, 0.717) is 18.0 Å². The highest BCUT2D eigenvalue weighted by Crippen LogP contribution is 2.28. The van der Waals surface area contributed by atoms with E-state index in [4.69, 9.17) is 9.47 Å². The molecule has 1 N–H and O–H groups in total. The van der Waals surface area contributed by atoms with Crippen LogP contribution in [0.25, 0.3) is 0 Å². The van der Waals surface area contributed by atoms with Gasteiger partial charge in [0.2, 0.25) is 0 Å². The highest BCUT2D eigenvalue weighted by molar-refractivity contribution is 7.99. The van der Waals surface area contributed by atoms with Gasteiger partial charge < -0.3 is 14.6 Å². The van der Waals surface area contributed by atoms with Crippen molar-refractivity contribution in [2.75, 3.05) is 51.9 Å². The van der Waals surface area contributed by atoms with Gasteiger partial charge in [-0.2, -0.15) is 11.8 Å². The van der Waals surface area contributed by atoms with Crippen LogP contribution in [0.2, 0.25) is 0 Å². The van der Waals surface area contributed by atoms with Crippen molar-refractivity contribution in [3.63, 3.8) is 0 Å². The van der Waals surface area contributed by atoms with Crippen LogP contribution in [0.4, 0.5) is 0 Å². The van der Waals surface area contributed by atoms with Gasteiger partial charge in [-0.25, -0.2) is 0 Å². The predicted octanol–water partition coefficient (Wildman–Crippen LogP) is 1.91. The summed E-state index contributed by atoms with van der Waals surface area (Å²) in [5, 5.41) is 10.3. The van der Waals surface area contributed by atoms with Crippen LogP contribution >= 0.6 is 11.8 Å². The summed E-state index contributed by atoms with van der Waals surface area (Å²) in [6.45, 7) is 4.43. The van der Waals surface area contributed by atoms with Crippen LogP contribution in [-0.4, -0.2) is 82.9 Å². The van der Waals surface area contributed by atoms with E-state index in [9.17, 15) is 5.11 Å². The molecule has 0 saturated carbocycles. The third-order valence-electron chi connectivity index (χ3n) is 4.73. The molecule has 1 atom stereocenters. The molecule has 7 nitrogen and oxygen atoms in total. The first-order valence-corrected chi connectivity index (χ1v) is 11.0. The number of aliphatic hydroxyl groups excluding tert-OH is 1. The van der Waals surface area contributed by atoms with E-state index in [1.54, 1.807) is 25.7 Å².